The molecule has 0 radical (unpaired) electrons. The van der Waals surface area contributed by atoms with Crippen molar-refractivity contribution in [2.24, 2.45) is 5.92 Å². The third kappa shape index (κ3) is 7.97. The van der Waals surface area contributed by atoms with Gasteiger partial charge in [-0.3, -0.25) is 14.6 Å². The topological polar surface area (TPSA) is 137 Å². The van der Waals surface area contributed by atoms with Crippen molar-refractivity contribution in [2.75, 3.05) is 46.4 Å². The van der Waals surface area contributed by atoms with E-state index in [4.69, 9.17) is 24.0 Å². The Kier molecular flexibility index (Phi) is 10.6. The monoisotopic (exact) mass is 742 g/mol. The van der Waals surface area contributed by atoms with Crippen molar-refractivity contribution >= 4 is 29.2 Å². The van der Waals surface area contributed by atoms with E-state index in [1.54, 1.807) is 19.5 Å². The molecule has 13 nitrogen and oxygen atoms in total. The van der Waals surface area contributed by atoms with Crippen molar-refractivity contribution in [2.45, 2.75) is 65.1 Å². The molecular weight excluding hydrogens is 697 g/mol. The first kappa shape index (κ1) is 36.3. The first-order valence-corrected chi connectivity index (χ1v) is 19.1. The standard InChI is InChI=1S/C39H46N6O7S/c1-39(2,3)52-38(48)41-12-7-17-50-27-19-26(22-40-23-27)28-20-29-32(21-31(28)49-4)51-24-30-34(42-45(35(29)30)33-11-6-18-53-33)37(47)44-14-8-13-43(15-16-44)36(46)25-9-5-10-25/h6,11,18-23,25H,5,7-10,12-17,24H2,1-4H3,(H,41,48). The van der Waals surface area contributed by atoms with Crippen LogP contribution in [0.3, 0.4) is 0 Å². The number of carbonyl (C=O) groups is 3. The summed E-state index contributed by atoms with van der Waals surface area (Å²) in [6.45, 7) is 8.60. The van der Waals surface area contributed by atoms with E-state index in [1.807, 2.05) is 71.0 Å². The number of hydrogen-bond donors (Lipinski definition) is 1. The van der Waals surface area contributed by atoms with Gasteiger partial charge in [-0.1, -0.05) is 6.42 Å². The number of amides is 3. The van der Waals surface area contributed by atoms with Crippen molar-refractivity contribution < 1.29 is 33.3 Å². The van der Waals surface area contributed by atoms with Crippen LogP contribution in [0.5, 0.6) is 17.2 Å². The van der Waals surface area contributed by atoms with Crippen LogP contribution in [0.4, 0.5) is 4.79 Å². The zero-order valence-corrected chi connectivity index (χ0v) is 31.5. The van der Waals surface area contributed by atoms with E-state index < -0.39 is 11.7 Å². The van der Waals surface area contributed by atoms with Gasteiger partial charge in [-0.05, 0) is 76.1 Å². The highest BCUT2D eigenvalue weighted by atomic mass is 32.1. The number of aromatic nitrogens is 3. The molecule has 0 spiro atoms. The highest BCUT2D eigenvalue weighted by Crippen LogP contribution is 2.46. The number of alkyl carbamates (subject to hydrolysis) is 1. The summed E-state index contributed by atoms with van der Waals surface area (Å²) in [7, 11) is 1.61. The maximum absolute atomic E-state index is 14.3. The molecule has 7 rings (SSSR count). The third-order valence-corrected chi connectivity index (χ3v) is 10.5. The van der Waals surface area contributed by atoms with Crippen LogP contribution in [0.2, 0.25) is 0 Å². The molecule has 1 saturated heterocycles. The normalized spacial score (nSPS) is 15.7. The zero-order chi connectivity index (χ0) is 37.1. The highest BCUT2D eigenvalue weighted by molar-refractivity contribution is 7.12. The van der Waals surface area contributed by atoms with Crippen molar-refractivity contribution in [1.29, 1.82) is 0 Å². The Morgan fingerprint density at radius 1 is 1.02 bits per heavy atom. The average Bonchev–Trinajstić information content (AvgIpc) is 3.71. The number of benzene rings is 1. The molecule has 1 saturated carbocycles. The van der Waals surface area contributed by atoms with E-state index in [2.05, 4.69) is 10.3 Å². The Hall–Kier alpha value is -5.11. The lowest BCUT2D eigenvalue weighted by Gasteiger charge is -2.31. The number of nitrogens with zero attached hydrogens (tertiary/aromatic N) is 5. The number of hydrogen-bond acceptors (Lipinski definition) is 10. The van der Waals surface area contributed by atoms with Gasteiger partial charge in [0.15, 0.2) is 5.69 Å². The molecule has 3 aliphatic rings. The van der Waals surface area contributed by atoms with Crippen molar-refractivity contribution in [3.05, 3.63) is 59.4 Å². The van der Waals surface area contributed by atoms with Crippen LogP contribution in [-0.2, 0) is 16.1 Å². The first-order valence-electron chi connectivity index (χ1n) is 18.2. The number of carbonyl (C=O) groups excluding carboxylic acids is 3. The number of pyridine rings is 1. The van der Waals surface area contributed by atoms with Crippen LogP contribution in [-0.4, -0.2) is 94.5 Å². The van der Waals surface area contributed by atoms with Gasteiger partial charge in [0.1, 0.15) is 34.5 Å². The molecule has 1 N–H and O–H groups in total. The average molecular weight is 743 g/mol. The Balaban J connectivity index is 1.14. The Bertz CT molecular complexity index is 1970. The Morgan fingerprint density at radius 3 is 2.57 bits per heavy atom. The summed E-state index contributed by atoms with van der Waals surface area (Å²) in [5, 5.41) is 10.6. The molecule has 0 atom stereocenters. The lowest BCUT2D eigenvalue weighted by atomic mass is 9.84. The van der Waals surface area contributed by atoms with E-state index in [0.29, 0.717) is 74.3 Å². The summed E-state index contributed by atoms with van der Waals surface area (Å²) < 4.78 is 25.3. The molecule has 3 amide bonds. The molecule has 14 heteroatoms. The third-order valence-electron chi connectivity index (χ3n) is 9.66. The van der Waals surface area contributed by atoms with E-state index in [0.717, 1.165) is 53.1 Å². The molecule has 4 aromatic rings. The van der Waals surface area contributed by atoms with Crippen LogP contribution in [0.15, 0.2) is 48.1 Å². The molecule has 280 valence electrons. The second-order valence-corrected chi connectivity index (χ2v) is 15.4. The van der Waals surface area contributed by atoms with Crippen LogP contribution in [0, 0.1) is 5.92 Å². The summed E-state index contributed by atoms with van der Waals surface area (Å²) in [6, 6.07) is 9.69. The molecule has 1 aromatic carbocycles. The predicted octanol–water partition coefficient (Wildman–Crippen LogP) is 6.33. The van der Waals surface area contributed by atoms with Gasteiger partial charge < -0.3 is 34.1 Å². The minimum absolute atomic E-state index is 0.136. The van der Waals surface area contributed by atoms with E-state index in [1.165, 1.54) is 11.3 Å². The highest BCUT2D eigenvalue weighted by Gasteiger charge is 2.35. The molecule has 2 fully saturated rings. The minimum Gasteiger partial charge on any atom is -0.496 e. The fourth-order valence-electron chi connectivity index (χ4n) is 6.81. The Morgan fingerprint density at radius 2 is 1.83 bits per heavy atom. The van der Waals surface area contributed by atoms with Gasteiger partial charge >= 0.3 is 6.09 Å². The molecule has 0 bridgehead atoms. The number of nitrogens with one attached hydrogen (secondary N) is 1. The SMILES string of the molecule is COc1cc2c(cc1-c1cncc(OCCCNC(=O)OC(C)(C)C)c1)-c1c(c(C(=O)N3CCCN(C(=O)C4CCC4)CC3)nn1-c1cccs1)CO2. The van der Waals surface area contributed by atoms with Crippen LogP contribution in [0.1, 0.15) is 68.9 Å². The van der Waals surface area contributed by atoms with Gasteiger partial charge in [0, 0.05) is 73.2 Å². The number of methoxy groups -OCH3 is 1. The smallest absolute Gasteiger partial charge is 0.407 e. The van der Waals surface area contributed by atoms with Crippen LogP contribution < -0.4 is 19.5 Å². The van der Waals surface area contributed by atoms with Crippen molar-refractivity contribution in [3.63, 3.8) is 0 Å². The van der Waals surface area contributed by atoms with E-state index >= 15 is 0 Å². The molecule has 53 heavy (non-hydrogen) atoms. The fraction of sp³-hybridized carbons (Fsp3) is 0.462. The lowest BCUT2D eigenvalue weighted by Crippen LogP contribution is -2.41. The second kappa shape index (κ2) is 15.5. The molecule has 0 unspecified atom stereocenters. The van der Waals surface area contributed by atoms with Crippen LogP contribution >= 0.6 is 11.3 Å². The summed E-state index contributed by atoms with van der Waals surface area (Å²) >= 11 is 1.54. The number of fused-ring (bicyclic) bond motifs is 3. The quantitative estimate of drug-likeness (QED) is 0.185. The van der Waals surface area contributed by atoms with Gasteiger partial charge in [-0.15, -0.1) is 11.3 Å². The van der Waals surface area contributed by atoms with E-state index in [9.17, 15) is 14.4 Å². The number of rotatable bonds is 10. The van der Waals surface area contributed by atoms with Crippen molar-refractivity contribution in [3.8, 4) is 44.6 Å². The summed E-state index contributed by atoms with van der Waals surface area (Å²) in [5.74, 6) is 1.98. The van der Waals surface area contributed by atoms with Gasteiger partial charge in [-0.2, -0.15) is 5.10 Å². The largest absolute Gasteiger partial charge is 0.496 e. The number of ether oxygens (including phenoxy) is 4. The molecule has 5 heterocycles. The molecule has 2 aliphatic heterocycles. The summed E-state index contributed by atoms with van der Waals surface area (Å²) in [5.41, 5.74) is 3.61. The Labute approximate surface area is 313 Å². The fourth-order valence-corrected chi connectivity index (χ4v) is 7.50. The second-order valence-electron chi connectivity index (χ2n) is 14.5. The maximum atomic E-state index is 14.3. The van der Waals surface area contributed by atoms with Crippen LogP contribution in [0.25, 0.3) is 27.4 Å². The van der Waals surface area contributed by atoms with E-state index in [-0.39, 0.29) is 24.3 Å². The first-order chi connectivity index (χ1) is 25.6. The molecular formula is C39H46N6O7S. The minimum atomic E-state index is -0.561. The number of thiophene rings is 1. The maximum Gasteiger partial charge on any atom is 0.407 e. The summed E-state index contributed by atoms with van der Waals surface area (Å²) in [4.78, 5) is 47.4. The van der Waals surface area contributed by atoms with Gasteiger partial charge in [0.25, 0.3) is 5.91 Å². The van der Waals surface area contributed by atoms with Gasteiger partial charge in [0.2, 0.25) is 5.91 Å². The molecule has 3 aromatic heterocycles. The lowest BCUT2D eigenvalue weighted by molar-refractivity contribution is -0.138. The summed E-state index contributed by atoms with van der Waals surface area (Å²) in [6.07, 6.45) is 7.27. The molecule has 1 aliphatic carbocycles. The zero-order valence-electron chi connectivity index (χ0n) is 30.7. The van der Waals surface area contributed by atoms with Gasteiger partial charge in [0.05, 0.1) is 25.6 Å². The predicted molar refractivity (Wildman–Crippen MR) is 200 cm³/mol. The van der Waals surface area contributed by atoms with Crippen molar-refractivity contribution in [1.82, 2.24) is 29.9 Å². The van der Waals surface area contributed by atoms with Gasteiger partial charge in [-0.25, -0.2) is 9.48 Å².